The number of rotatable bonds is 39. The third-order valence-corrected chi connectivity index (χ3v) is 27.1. The SMILES string of the molecule is CCC(=O)c1cc(N2CCC(C3=NCc4nccc(OC)c43)CC2)nc(O[C@H](C)COC)n1.CC[C@@H](C)CC(=O)c1cc(N2CCC(c3c[nH]c4nccc(OC)c34)CC2)nc(OC[C@@H](C)OC)n1.CC[C@H](C)CC(=O)c1cc(N2CCC(c3c[nH]c4nccc(OC)c34)CC2)nc(OC[C@H](C)OC)n1.COC[C@@H](C)Oc1nc(C(=O)N2CC(F)(F)C2)cc(N2CCC(C3=NCc4nccc(OC)c43)CC2)n1. The highest BCUT2D eigenvalue weighted by molar-refractivity contribution is 6.08. The van der Waals surface area contributed by atoms with Crippen molar-refractivity contribution in [3.8, 4) is 47.0 Å². The number of piperidine rings is 4. The number of Topliss-reactive ketones (excluding diaryl/α,β-unsaturated/α-hetero) is 3. The van der Waals surface area contributed by atoms with Crippen molar-refractivity contribution in [2.45, 2.75) is 201 Å². The van der Waals surface area contributed by atoms with E-state index in [9.17, 15) is 28.0 Å². The molecular formula is C103H135F2N21O16. The molecule has 37 nitrogen and oxygen atoms in total. The van der Waals surface area contributed by atoms with Crippen molar-refractivity contribution in [1.82, 2.24) is 74.7 Å². The number of methoxy groups -OCH3 is 8. The van der Waals surface area contributed by atoms with Crippen LogP contribution in [0.15, 0.2) is 95.7 Å². The van der Waals surface area contributed by atoms with E-state index in [2.05, 4.69) is 129 Å². The van der Waals surface area contributed by atoms with E-state index in [0.29, 0.717) is 130 Å². The summed E-state index contributed by atoms with van der Waals surface area (Å²) in [5, 5.41) is 2.11. The predicted octanol–water partition coefficient (Wildman–Crippen LogP) is 15.3. The Morgan fingerprint density at radius 2 is 0.754 bits per heavy atom. The fraction of sp³-hybridized carbons (Fsp3) is 0.553. The maximum atomic E-state index is 13.4. The molecule has 0 unspecified atom stereocenters. The molecule has 5 saturated heterocycles. The number of ether oxygens (including phenoxy) is 12. The first kappa shape index (κ1) is 105. The number of carbonyl (C=O) groups is 4. The number of nitrogens with zero attached hydrogens (tertiary/aromatic N) is 19. The number of aliphatic imine (C=N–C) groups is 2. The first-order valence-electron chi connectivity index (χ1n) is 49.3. The van der Waals surface area contributed by atoms with Crippen LogP contribution in [0.3, 0.4) is 0 Å². The number of amides is 1. The number of carbonyl (C=O) groups excluding carboxylic acids is 4. The van der Waals surface area contributed by atoms with Gasteiger partial charge in [-0.25, -0.2) is 18.7 Å². The van der Waals surface area contributed by atoms with Crippen molar-refractivity contribution in [2.24, 2.45) is 33.7 Å². The lowest BCUT2D eigenvalue weighted by Crippen LogP contribution is -2.58. The highest BCUT2D eigenvalue weighted by atomic mass is 19.3. The third kappa shape index (κ3) is 26.0. The average molecular weight is 1960 g/mol. The van der Waals surface area contributed by atoms with Gasteiger partial charge in [0.05, 0.1) is 125 Å². The molecule has 5 fully saturated rings. The number of ketones is 3. The number of alkyl halides is 2. The monoisotopic (exact) mass is 1960 g/mol. The average Bonchev–Trinajstić information content (AvgIpc) is 0.897. The maximum Gasteiger partial charge on any atom is 0.319 e. The molecule has 7 aliphatic rings. The van der Waals surface area contributed by atoms with Crippen LogP contribution in [0.2, 0.25) is 0 Å². The van der Waals surface area contributed by atoms with Crippen molar-refractivity contribution >= 4 is 80.0 Å². The van der Waals surface area contributed by atoms with Gasteiger partial charge >= 0.3 is 24.0 Å². The summed E-state index contributed by atoms with van der Waals surface area (Å²) in [4.78, 5) is 131. The molecule has 142 heavy (non-hydrogen) atoms. The molecule has 0 aromatic carbocycles. The molecule has 0 spiro atoms. The molecule has 0 aliphatic carbocycles. The number of halogens is 2. The number of hydrogen-bond acceptors (Lipinski definition) is 34. The van der Waals surface area contributed by atoms with Gasteiger partial charge in [0.2, 0.25) is 0 Å². The van der Waals surface area contributed by atoms with Crippen LogP contribution in [0, 0.1) is 23.7 Å². The van der Waals surface area contributed by atoms with Crippen LogP contribution in [0.25, 0.3) is 22.1 Å². The van der Waals surface area contributed by atoms with Crippen molar-refractivity contribution in [1.29, 1.82) is 0 Å². The molecule has 762 valence electrons. The van der Waals surface area contributed by atoms with Gasteiger partial charge in [-0.05, 0) is 138 Å². The van der Waals surface area contributed by atoms with E-state index in [4.69, 9.17) is 66.8 Å². The van der Waals surface area contributed by atoms with Gasteiger partial charge in [0, 0.05) is 173 Å². The summed E-state index contributed by atoms with van der Waals surface area (Å²) in [6.45, 7) is 25.1. The summed E-state index contributed by atoms with van der Waals surface area (Å²) in [6, 6.07) is 15.2. The normalized spacial score (nSPS) is 17.2. The summed E-state index contributed by atoms with van der Waals surface area (Å²) in [5.41, 5.74) is 11.5. The molecule has 39 heteroatoms. The van der Waals surface area contributed by atoms with E-state index >= 15 is 0 Å². The second-order valence-corrected chi connectivity index (χ2v) is 37.2. The van der Waals surface area contributed by atoms with E-state index in [1.54, 1.807) is 101 Å². The maximum absolute atomic E-state index is 13.4. The minimum atomic E-state index is -2.86. The standard InChI is InChI=1S/2C27H37N5O4.C25H30F2N6O4.C24H31N5O4/c2*1-6-17(2)13-22(33)21-14-24(31-27(30-21)36-16-18(3)34-4)32-11-8-19(9-12-32)20-15-29-26-25(20)23(35-5)7-10-28-26;1-15(12-35-2)37-24-30-17(23(34)33-13-25(26,27)14-33)10-20(31-24)32-8-5-16(6-9-32)22-21-18(11-29-22)28-7-4-19(21)36-3;1-5-19(30)17-12-21(28-24(27-17)33-15(2)14-31-3)29-10-7-16(8-11-29)23-22-18(13-26-23)25-9-6-20(22)32-4/h2*7,10,14-15,17-19H,6,8-9,11-13,16H2,1-5H3,(H,28,29);4,7,10,15-16H,5-6,8-9,11-14H2,1-3H3;6,9,12,15-16H,5,7-8,10-11,13-14H2,1-4H3/t2*17-,18-;2*15-/m1011/s1. The van der Waals surface area contributed by atoms with Gasteiger partial charge in [-0.1, -0.05) is 47.5 Å². The lowest BCUT2D eigenvalue weighted by atomic mass is 9.88. The Bertz CT molecular complexity index is 5830. The van der Waals surface area contributed by atoms with Crippen molar-refractivity contribution in [2.75, 3.05) is 168 Å². The smallest absolute Gasteiger partial charge is 0.319 e. The predicted molar refractivity (Wildman–Crippen MR) is 534 cm³/mol. The second-order valence-electron chi connectivity index (χ2n) is 37.2. The lowest BCUT2D eigenvalue weighted by Gasteiger charge is -2.38. The Balaban J connectivity index is 0.000000151. The largest absolute Gasteiger partial charge is 0.496 e. The third-order valence-electron chi connectivity index (χ3n) is 27.1. The van der Waals surface area contributed by atoms with Gasteiger partial charge in [-0.3, -0.25) is 39.1 Å². The van der Waals surface area contributed by atoms with E-state index in [1.165, 1.54) is 11.1 Å². The first-order valence-corrected chi connectivity index (χ1v) is 49.3. The zero-order chi connectivity index (χ0) is 101. The number of pyridine rings is 4. The highest BCUT2D eigenvalue weighted by Crippen LogP contribution is 2.43. The van der Waals surface area contributed by atoms with E-state index in [1.807, 2.05) is 64.1 Å². The molecule has 0 radical (unpaired) electrons. The Labute approximate surface area is 827 Å². The minimum Gasteiger partial charge on any atom is -0.496 e. The molecule has 17 heterocycles. The van der Waals surface area contributed by atoms with Crippen LogP contribution < -0.4 is 57.5 Å². The van der Waals surface area contributed by atoms with Gasteiger partial charge in [-0.2, -0.15) is 39.9 Å². The molecule has 2 N–H and O–H groups in total. The van der Waals surface area contributed by atoms with Crippen LogP contribution in [0.1, 0.15) is 233 Å². The summed E-state index contributed by atoms with van der Waals surface area (Å²) in [6.07, 6.45) is 20.8. The van der Waals surface area contributed by atoms with Gasteiger partial charge in [0.1, 0.15) is 106 Å². The quantitative estimate of drug-likeness (QED) is 0.0338. The van der Waals surface area contributed by atoms with Crippen LogP contribution >= 0.6 is 0 Å². The van der Waals surface area contributed by atoms with Crippen LogP contribution in [-0.2, 0) is 32.0 Å². The lowest BCUT2D eigenvalue weighted by molar-refractivity contribution is -0.113. The van der Waals surface area contributed by atoms with E-state index < -0.39 is 24.9 Å². The second kappa shape index (κ2) is 49.2. The van der Waals surface area contributed by atoms with Crippen LogP contribution in [0.5, 0.6) is 47.0 Å². The van der Waals surface area contributed by atoms with E-state index in [-0.39, 0.29) is 77.4 Å². The molecule has 0 bridgehead atoms. The van der Waals surface area contributed by atoms with Gasteiger partial charge in [0.15, 0.2) is 17.3 Å². The molecular weight excluding hydrogens is 1830 g/mol. The number of likely N-dealkylation sites (tertiary alicyclic amines) is 1. The number of aromatic nitrogens is 14. The number of H-pyrrole nitrogens is 2. The zero-order valence-corrected chi connectivity index (χ0v) is 84.6. The van der Waals surface area contributed by atoms with Crippen LogP contribution in [0.4, 0.5) is 32.1 Å². The topological polar surface area (TPSA) is 406 Å². The molecule has 1 amide bonds. The van der Waals surface area contributed by atoms with Crippen molar-refractivity contribution in [3.05, 3.63) is 142 Å². The minimum absolute atomic E-state index is 0.0183. The number of hydrogen-bond donors (Lipinski definition) is 2. The summed E-state index contributed by atoms with van der Waals surface area (Å²) in [5.74, 6) is 4.49. The Morgan fingerprint density at radius 3 is 1.11 bits per heavy atom. The van der Waals surface area contributed by atoms with Gasteiger partial charge < -0.3 is 91.3 Å². The summed E-state index contributed by atoms with van der Waals surface area (Å²) in [7, 11) is 13.2. The molecule has 7 aliphatic heterocycles. The zero-order valence-electron chi connectivity index (χ0n) is 84.6. The Morgan fingerprint density at radius 1 is 0.415 bits per heavy atom. The van der Waals surface area contributed by atoms with Crippen molar-refractivity contribution in [3.63, 3.8) is 0 Å². The summed E-state index contributed by atoms with van der Waals surface area (Å²) < 4.78 is 93.1. The first-order chi connectivity index (χ1) is 68.7. The van der Waals surface area contributed by atoms with E-state index in [0.717, 1.165) is 199 Å². The van der Waals surface area contributed by atoms with Crippen molar-refractivity contribution < 1.29 is 84.8 Å². The molecule has 6 atom stereocenters. The number of anilines is 4. The highest BCUT2D eigenvalue weighted by Gasteiger charge is 2.47. The molecule has 10 aromatic heterocycles. The number of fused-ring (bicyclic) bond motifs is 4. The Kier molecular flexibility index (Phi) is 36.4. The number of aromatic amines is 2. The fourth-order valence-electron chi connectivity index (χ4n) is 18.6. The van der Waals surface area contributed by atoms with Crippen LogP contribution in [-0.4, -0.2) is 288 Å². The Hall–Kier alpha value is -12.9. The summed E-state index contributed by atoms with van der Waals surface area (Å²) >= 11 is 0. The van der Waals surface area contributed by atoms with Gasteiger partial charge in [0.25, 0.3) is 11.8 Å². The fourth-order valence-corrected chi connectivity index (χ4v) is 18.6. The van der Waals surface area contributed by atoms with Gasteiger partial charge in [-0.15, -0.1) is 0 Å². The molecule has 10 aromatic rings. The number of nitrogens with one attached hydrogen (secondary N) is 2. The molecule has 17 rings (SSSR count). The molecule has 0 saturated carbocycles.